The first-order valence-electron chi connectivity index (χ1n) is 8.91. The first-order chi connectivity index (χ1) is 13.2. The normalized spacial score (nSPS) is 25.9. The maximum absolute atomic E-state index is 13.5. The topological polar surface area (TPSA) is 38.8 Å². The monoisotopic (exact) mass is 374 g/mol. The molecular weight excluding hydrogens is 356 g/mol. The molecule has 3 aromatic carbocycles. The van der Waals surface area contributed by atoms with Crippen molar-refractivity contribution in [3.63, 3.8) is 0 Å². The number of ether oxygens (including phenoxy) is 2. The van der Waals surface area contributed by atoms with Crippen LogP contribution >= 0.6 is 11.8 Å². The summed E-state index contributed by atoms with van der Waals surface area (Å²) in [6, 6.07) is 25.8. The van der Waals surface area contributed by atoms with E-state index < -0.39 is 5.60 Å². The van der Waals surface area contributed by atoms with Crippen molar-refractivity contribution in [2.75, 3.05) is 7.11 Å². The van der Waals surface area contributed by atoms with Gasteiger partial charge in [-0.2, -0.15) is 0 Å². The number of thioether (sulfide) groups is 1. The lowest BCUT2D eigenvalue weighted by Gasteiger charge is -2.30. The van der Waals surface area contributed by atoms with Crippen LogP contribution in [0.2, 0.25) is 0 Å². The molecule has 0 N–H and O–H groups in total. The number of fused-ring (bicyclic) bond motifs is 1. The number of carbonyl (C=O) groups is 1. The van der Waals surface area contributed by atoms with Crippen molar-refractivity contribution in [2.24, 2.45) is 0 Å². The highest BCUT2D eigenvalue weighted by atomic mass is 32.2. The molecule has 5 rings (SSSR count). The third kappa shape index (κ3) is 2.52. The Balaban J connectivity index is 1.60. The van der Waals surface area contributed by atoms with Crippen LogP contribution in [0.5, 0.6) is 5.75 Å². The average Bonchev–Trinajstić information content (AvgIpc) is 3.48. The standard InChI is InChI=1S/C23H18O3S/c1-25-17-13-11-15(12-14-17)21-23(26-21)20(24)18-9-5-6-10-19(18)27-22(23)16-7-3-2-4-8-16/h2-14,21-22H,1H3/t21-,22+,23-/m0/s1. The lowest BCUT2D eigenvalue weighted by molar-refractivity contribution is 0.0861. The molecule has 2 aliphatic rings. The van der Waals surface area contributed by atoms with Gasteiger partial charge in [-0.05, 0) is 29.3 Å². The Labute approximate surface area is 162 Å². The maximum Gasteiger partial charge on any atom is 0.200 e. The number of hydrogen-bond acceptors (Lipinski definition) is 4. The fourth-order valence-electron chi connectivity index (χ4n) is 3.87. The zero-order valence-electron chi connectivity index (χ0n) is 14.8. The van der Waals surface area contributed by atoms with E-state index in [1.165, 1.54) is 0 Å². The quantitative estimate of drug-likeness (QED) is 0.588. The molecule has 1 fully saturated rings. The number of hydrogen-bond donors (Lipinski definition) is 0. The van der Waals surface area contributed by atoms with Crippen molar-refractivity contribution >= 4 is 17.5 Å². The van der Waals surface area contributed by atoms with E-state index in [2.05, 4.69) is 12.1 Å². The number of methoxy groups -OCH3 is 1. The van der Waals surface area contributed by atoms with Crippen molar-refractivity contribution in [3.8, 4) is 5.75 Å². The van der Waals surface area contributed by atoms with Gasteiger partial charge in [0.15, 0.2) is 11.4 Å². The highest BCUT2D eigenvalue weighted by Crippen LogP contribution is 2.66. The predicted molar refractivity (Wildman–Crippen MR) is 105 cm³/mol. The lowest BCUT2D eigenvalue weighted by atomic mass is 9.85. The SMILES string of the molecule is COc1ccc([C@@H]2O[C@@]23C(=O)c2ccccc2S[C@@H]3c2ccccc2)cc1. The molecule has 0 unspecified atom stereocenters. The molecule has 3 atom stereocenters. The molecule has 3 nitrogen and oxygen atoms in total. The van der Waals surface area contributed by atoms with Gasteiger partial charge in [0.2, 0.25) is 0 Å². The van der Waals surface area contributed by atoms with Crippen molar-refractivity contribution in [1.29, 1.82) is 0 Å². The van der Waals surface area contributed by atoms with E-state index in [0.717, 1.165) is 27.3 Å². The Bertz CT molecular complexity index is 1000. The summed E-state index contributed by atoms with van der Waals surface area (Å²) in [6.45, 7) is 0. The van der Waals surface area contributed by atoms with Gasteiger partial charge in [-0.1, -0.05) is 60.7 Å². The molecule has 2 heterocycles. The molecular formula is C23H18O3S. The molecule has 0 bridgehead atoms. The third-order valence-electron chi connectivity index (χ3n) is 5.29. The minimum Gasteiger partial charge on any atom is -0.497 e. The van der Waals surface area contributed by atoms with Crippen LogP contribution in [0.25, 0.3) is 0 Å². The van der Waals surface area contributed by atoms with E-state index in [9.17, 15) is 4.79 Å². The van der Waals surface area contributed by atoms with Crippen LogP contribution in [0, 0.1) is 0 Å². The summed E-state index contributed by atoms with van der Waals surface area (Å²) in [5.41, 5.74) is 2.02. The molecule has 3 aromatic rings. The molecule has 1 saturated heterocycles. The lowest BCUT2D eigenvalue weighted by Crippen LogP contribution is -2.35. The Morgan fingerprint density at radius 3 is 2.33 bits per heavy atom. The Morgan fingerprint density at radius 2 is 1.59 bits per heavy atom. The number of Topliss-reactive ketones (excluding diaryl/α,β-unsaturated/α-hetero) is 1. The van der Waals surface area contributed by atoms with Gasteiger partial charge in [0.1, 0.15) is 11.9 Å². The summed E-state index contributed by atoms with van der Waals surface area (Å²) in [4.78, 5) is 14.5. The fraction of sp³-hybridized carbons (Fsp3) is 0.174. The minimum atomic E-state index is -0.852. The van der Waals surface area contributed by atoms with Crippen LogP contribution in [0.1, 0.15) is 32.8 Å². The van der Waals surface area contributed by atoms with Gasteiger partial charge in [0.05, 0.1) is 12.4 Å². The summed E-state index contributed by atoms with van der Waals surface area (Å²) in [5.74, 6) is 0.870. The Kier molecular flexibility index (Phi) is 3.85. The van der Waals surface area contributed by atoms with Crippen molar-refractivity contribution in [2.45, 2.75) is 21.9 Å². The minimum absolute atomic E-state index is 0.0755. The molecule has 4 heteroatoms. The number of ketones is 1. The molecule has 0 aromatic heterocycles. The zero-order valence-corrected chi connectivity index (χ0v) is 15.6. The molecule has 0 radical (unpaired) electrons. The number of carbonyl (C=O) groups excluding carboxylic acids is 1. The largest absolute Gasteiger partial charge is 0.497 e. The van der Waals surface area contributed by atoms with Crippen molar-refractivity contribution < 1.29 is 14.3 Å². The second-order valence-corrected chi connectivity index (χ2v) is 7.94. The van der Waals surface area contributed by atoms with Crippen LogP contribution in [0.15, 0.2) is 83.8 Å². The third-order valence-corrected chi connectivity index (χ3v) is 6.75. The molecule has 27 heavy (non-hydrogen) atoms. The number of epoxide rings is 1. The summed E-state index contributed by atoms with van der Waals surface area (Å²) in [7, 11) is 1.65. The van der Waals surface area contributed by atoms with Gasteiger partial charge >= 0.3 is 0 Å². The average molecular weight is 374 g/mol. The van der Waals surface area contributed by atoms with Gasteiger partial charge in [-0.25, -0.2) is 0 Å². The molecule has 134 valence electrons. The van der Waals surface area contributed by atoms with Crippen molar-refractivity contribution in [1.82, 2.24) is 0 Å². The summed E-state index contributed by atoms with van der Waals surface area (Å²) in [5, 5.41) is -0.0757. The first-order valence-corrected chi connectivity index (χ1v) is 9.79. The van der Waals surface area contributed by atoms with Crippen molar-refractivity contribution in [3.05, 3.63) is 95.6 Å². The van der Waals surface area contributed by atoms with E-state index in [4.69, 9.17) is 9.47 Å². The van der Waals surface area contributed by atoms with Crippen LogP contribution in [-0.2, 0) is 4.74 Å². The van der Waals surface area contributed by atoms with Gasteiger partial charge in [0, 0.05) is 10.5 Å². The summed E-state index contributed by atoms with van der Waals surface area (Å²) >= 11 is 1.72. The van der Waals surface area contributed by atoms with E-state index >= 15 is 0 Å². The second-order valence-electron chi connectivity index (χ2n) is 6.80. The van der Waals surface area contributed by atoms with Crippen LogP contribution in [0.3, 0.4) is 0 Å². The zero-order chi connectivity index (χ0) is 18.4. The van der Waals surface area contributed by atoms with Gasteiger partial charge in [0.25, 0.3) is 0 Å². The molecule has 0 aliphatic carbocycles. The van der Waals surface area contributed by atoms with E-state index in [1.54, 1.807) is 18.9 Å². The highest BCUT2D eigenvalue weighted by molar-refractivity contribution is 7.99. The predicted octanol–water partition coefficient (Wildman–Crippen LogP) is 5.24. The van der Waals surface area contributed by atoms with Gasteiger partial charge in [-0.3, -0.25) is 4.79 Å². The molecule has 0 amide bonds. The molecule has 1 spiro atoms. The Hall–Kier alpha value is -2.56. The summed E-state index contributed by atoms with van der Waals surface area (Å²) < 4.78 is 11.5. The smallest absolute Gasteiger partial charge is 0.200 e. The summed E-state index contributed by atoms with van der Waals surface area (Å²) in [6.07, 6.45) is -0.248. The highest BCUT2D eigenvalue weighted by Gasteiger charge is 2.69. The van der Waals surface area contributed by atoms with Gasteiger partial charge < -0.3 is 9.47 Å². The molecule has 2 aliphatic heterocycles. The second kappa shape index (κ2) is 6.25. The van der Waals surface area contributed by atoms with Crippen LogP contribution in [-0.4, -0.2) is 18.5 Å². The van der Waals surface area contributed by atoms with Gasteiger partial charge in [-0.15, -0.1) is 11.8 Å². The van der Waals surface area contributed by atoms with Crippen LogP contribution < -0.4 is 4.74 Å². The number of rotatable bonds is 3. The van der Waals surface area contributed by atoms with E-state index in [0.29, 0.717) is 0 Å². The van der Waals surface area contributed by atoms with Crippen LogP contribution in [0.4, 0.5) is 0 Å². The fourth-order valence-corrected chi connectivity index (χ4v) is 5.32. The van der Waals surface area contributed by atoms with E-state index in [1.807, 2.05) is 66.7 Å². The first kappa shape index (κ1) is 16.6. The maximum atomic E-state index is 13.5. The number of benzene rings is 3. The van der Waals surface area contributed by atoms with E-state index in [-0.39, 0.29) is 17.1 Å². The Morgan fingerprint density at radius 1 is 0.889 bits per heavy atom. The molecule has 0 saturated carbocycles.